The molecule has 24 heavy (non-hydrogen) atoms. The molecule has 0 radical (unpaired) electrons. The van der Waals surface area contributed by atoms with Gasteiger partial charge >= 0.3 is 5.97 Å². The number of anilines is 1. The summed E-state index contributed by atoms with van der Waals surface area (Å²) in [5.41, 5.74) is 0.271. The van der Waals surface area contributed by atoms with Crippen molar-refractivity contribution in [2.24, 2.45) is 5.92 Å². The normalized spacial score (nSPS) is 14.5. The van der Waals surface area contributed by atoms with E-state index in [-0.39, 0.29) is 16.1 Å². The zero-order valence-corrected chi connectivity index (χ0v) is 14.6. The summed E-state index contributed by atoms with van der Waals surface area (Å²) in [5.74, 6) is -0.511. The molecule has 0 spiro atoms. The molecule has 0 atom stereocenters. The third-order valence-electron chi connectivity index (χ3n) is 3.74. The smallest absolute Gasteiger partial charge is 0.336 e. The fraction of sp³-hybridized carbons (Fsp3) is 0.333. The number of benzene rings is 1. The SMILES string of the molecule is CSc1ccc(NS(=O)(=O)c2cnn(CC3CC3)c2)cc1C(=O)O. The van der Waals surface area contributed by atoms with E-state index in [4.69, 9.17) is 0 Å². The van der Waals surface area contributed by atoms with Crippen LogP contribution in [0.3, 0.4) is 0 Å². The number of hydrogen-bond donors (Lipinski definition) is 2. The fourth-order valence-electron chi connectivity index (χ4n) is 2.30. The molecule has 0 unspecified atom stereocenters. The average molecular weight is 367 g/mol. The molecule has 3 rings (SSSR count). The van der Waals surface area contributed by atoms with Crippen molar-refractivity contribution in [3.8, 4) is 0 Å². The number of sulfonamides is 1. The molecule has 0 aliphatic heterocycles. The van der Waals surface area contributed by atoms with Crippen LogP contribution in [0.25, 0.3) is 0 Å². The molecular weight excluding hydrogens is 350 g/mol. The van der Waals surface area contributed by atoms with Crippen molar-refractivity contribution in [2.75, 3.05) is 11.0 Å². The fourth-order valence-corrected chi connectivity index (χ4v) is 3.87. The number of aromatic carboxylic acids is 1. The maximum absolute atomic E-state index is 12.4. The Hall–Kier alpha value is -2.00. The van der Waals surface area contributed by atoms with Gasteiger partial charge in [0.15, 0.2) is 0 Å². The van der Waals surface area contributed by atoms with Crippen LogP contribution in [0.1, 0.15) is 23.2 Å². The van der Waals surface area contributed by atoms with Crippen molar-refractivity contribution >= 4 is 33.4 Å². The van der Waals surface area contributed by atoms with E-state index in [1.54, 1.807) is 23.1 Å². The standard InChI is InChI=1S/C15H17N3O4S2/c1-23-14-5-4-11(6-13(14)15(19)20)17-24(21,22)12-7-16-18(9-12)8-10-2-3-10/h4-7,9-10,17H,2-3,8H2,1H3,(H,19,20). The maximum atomic E-state index is 12.4. The number of nitrogens with zero attached hydrogens (tertiary/aromatic N) is 2. The van der Waals surface area contributed by atoms with Gasteiger partial charge in [-0.3, -0.25) is 9.40 Å². The lowest BCUT2D eigenvalue weighted by Crippen LogP contribution is -2.13. The second-order valence-corrected chi connectivity index (χ2v) is 8.20. The molecule has 1 aromatic heterocycles. The van der Waals surface area contributed by atoms with Gasteiger partial charge in [-0.05, 0) is 43.2 Å². The van der Waals surface area contributed by atoms with Crippen LogP contribution in [0.5, 0.6) is 0 Å². The Balaban J connectivity index is 1.82. The van der Waals surface area contributed by atoms with E-state index >= 15 is 0 Å². The summed E-state index contributed by atoms with van der Waals surface area (Å²) in [4.78, 5) is 11.9. The van der Waals surface area contributed by atoms with Crippen molar-refractivity contribution in [3.63, 3.8) is 0 Å². The first-order valence-electron chi connectivity index (χ1n) is 7.35. The topological polar surface area (TPSA) is 101 Å². The van der Waals surface area contributed by atoms with Gasteiger partial charge in [0.1, 0.15) is 4.90 Å². The lowest BCUT2D eigenvalue weighted by molar-refractivity contribution is 0.0693. The number of carboxylic acids is 1. The van der Waals surface area contributed by atoms with Gasteiger partial charge in [-0.25, -0.2) is 13.2 Å². The molecule has 0 amide bonds. The summed E-state index contributed by atoms with van der Waals surface area (Å²) in [5, 5.41) is 13.3. The van der Waals surface area contributed by atoms with Crippen LogP contribution in [0.4, 0.5) is 5.69 Å². The van der Waals surface area contributed by atoms with Crippen LogP contribution in [0.2, 0.25) is 0 Å². The molecule has 1 heterocycles. The Kier molecular flexibility index (Phi) is 4.55. The van der Waals surface area contributed by atoms with Gasteiger partial charge in [-0.2, -0.15) is 5.10 Å². The van der Waals surface area contributed by atoms with Gasteiger partial charge in [0.25, 0.3) is 10.0 Å². The molecular formula is C15H17N3O4S2. The van der Waals surface area contributed by atoms with Gasteiger partial charge in [-0.1, -0.05) is 0 Å². The molecule has 0 saturated heterocycles. The molecule has 1 aromatic carbocycles. The number of nitrogens with one attached hydrogen (secondary N) is 1. The zero-order valence-electron chi connectivity index (χ0n) is 13.0. The van der Waals surface area contributed by atoms with E-state index in [0.717, 1.165) is 19.4 Å². The minimum Gasteiger partial charge on any atom is -0.478 e. The Morgan fingerprint density at radius 1 is 1.46 bits per heavy atom. The van der Waals surface area contributed by atoms with Crippen molar-refractivity contribution in [1.82, 2.24) is 9.78 Å². The second kappa shape index (κ2) is 6.48. The molecule has 128 valence electrons. The second-order valence-electron chi connectivity index (χ2n) is 5.67. The van der Waals surface area contributed by atoms with Gasteiger partial charge < -0.3 is 5.11 Å². The summed E-state index contributed by atoms with van der Waals surface area (Å²) < 4.78 is 28.9. The Morgan fingerprint density at radius 2 is 2.21 bits per heavy atom. The monoisotopic (exact) mass is 367 g/mol. The summed E-state index contributed by atoms with van der Waals surface area (Å²) in [6.45, 7) is 0.723. The highest BCUT2D eigenvalue weighted by Crippen LogP contribution is 2.30. The summed E-state index contributed by atoms with van der Waals surface area (Å²) >= 11 is 1.29. The number of thioether (sulfide) groups is 1. The van der Waals surface area contributed by atoms with Crippen LogP contribution in [-0.2, 0) is 16.6 Å². The van der Waals surface area contributed by atoms with Crippen LogP contribution in [0.15, 0.2) is 40.4 Å². The molecule has 1 fully saturated rings. The number of hydrogen-bond acceptors (Lipinski definition) is 5. The lowest BCUT2D eigenvalue weighted by atomic mass is 10.2. The van der Waals surface area contributed by atoms with E-state index in [1.807, 2.05) is 0 Å². The van der Waals surface area contributed by atoms with Gasteiger partial charge in [0.05, 0.1) is 11.8 Å². The Labute approximate surface area is 144 Å². The lowest BCUT2D eigenvalue weighted by Gasteiger charge is -2.09. The summed E-state index contributed by atoms with van der Waals surface area (Å²) in [6, 6.07) is 4.45. The molecule has 0 bridgehead atoms. The minimum absolute atomic E-state index is 0.0622. The van der Waals surface area contributed by atoms with Gasteiger partial charge in [0.2, 0.25) is 0 Å². The maximum Gasteiger partial charge on any atom is 0.336 e. The minimum atomic E-state index is -3.80. The third-order valence-corrected chi connectivity index (χ3v) is 5.88. The zero-order chi connectivity index (χ0) is 17.3. The first-order chi connectivity index (χ1) is 11.4. The molecule has 1 aliphatic carbocycles. The molecule has 1 saturated carbocycles. The van der Waals surface area contributed by atoms with E-state index < -0.39 is 16.0 Å². The Bertz CT molecular complexity index is 873. The summed E-state index contributed by atoms with van der Waals surface area (Å²) in [6.07, 6.45) is 6.87. The Morgan fingerprint density at radius 3 is 2.83 bits per heavy atom. The molecule has 2 aromatic rings. The molecule has 1 aliphatic rings. The summed E-state index contributed by atoms with van der Waals surface area (Å²) in [7, 11) is -3.80. The van der Waals surface area contributed by atoms with Crippen LogP contribution in [0, 0.1) is 5.92 Å². The van der Waals surface area contributed by atoms with E-state index in [2.05, 4.69) is 9.82 Å². The largest absolute Gasteiger partial charge is 0.478 e. The molecule has 9 heteroatoms. The van der Waals surface area contributed by atoms with Crippen LogP contribution < -0.4 is 4.72 Å². The number of carbonyl (C=O) groups is 1. The van der Waals surface area contributed by atoms with Crippen molar-refractivity contribution in [3.05, 3.63) is 36.2 Å². The van der Waals surface area contributed by atoms with Crippen LogP contribution >= 0.6 is 11.8 Å². The highest BCUT2D eigenvalue weighted by atomic mass is 32.2. The van der Waals surface area contributed by atoms with E-state index in [0.29, 0.717) is 10.8 Å². The predicted octanol–water partition coefficient (Wildman–Crippen LogP) is 2.51. The molecule has 7 nitrogen and oxygen atoms in total. The van der Waals surface area contributed by atoms with Crippen LogP contribution in [-0.4, -0.2) is 35.5 Å². The average Bonchev–Trinajstić information content (AvgIpc) is 3.20. The highest BCUT2D eigenvalue weighted by molar-refractivity contribution is 7.98. The van der Waals surface area contributed by atoms with Crippen molar-refractivity contribution in [1.29, 1.82) is 0 Å². The first-order valence-corrected chi connectivity index (χ1v) is 10.1. The van der Waals surface area contributed by atoms with Gasteiger partial charge in [0, 0.05) is 23.3 Å². The van der Waals surface area contributed by atoms with Crippen molar-refractivity contribution in [2.45, 2.75) is 29.2 Å². The number of carboxylic acid groups (broad SMARTS) is 1. The highest BCUT2D eigenvalue weighted by Gasteiger charge is 2.24. The van der Waals surface area contributed by atoms with E-state index in [9.17, 15) is 18.3 Å². The van der Waals surface area contributed by atoms with Gasteiger partial charge in [-0.15, -0.1) is 11.8 Å². The predicted molar refractivity (Wildman–Crippen MR) is 90.9 cm³/mol. The van der Waals surface area contributed by atoms with E-state index in [1.165, 1.54) is 30.2 Å². The first kappa shape index (κ1) is 16.8. The third kappa shape index (κ3) is 3.73. The number of rotatable bonds is 7. The quantitative estimate of drug-likeness (QED) is 0.729. The van der Waals surface area contributed by atoms with Crippen molar-refractivity contribution < 1.29 is 18.3 Å². The molecule has 2 N–H and O–H groups in total. The number of aromatic nitrogens is 2.